The number of hydrogen-bond acceptors (Lipinski definition) is 0. The fourth-order valence-electron chi connectivity index (χ4n) is 0.352. The molecule has 0 saturated carbocycles. The van der Waals surface area contributed by atoms with Gasteiger partial charge in [0, 0.05) is 0 Å². The Bertz CT molecular complexity index is 34.1. The Balaban J connectivity index is 0. The molecule has 0 saturated heterocycles. The molecule has 0 heterocycles. The molecule has 0 nitrogen and oxygen atoms in total. The molecule has 57 valence electrons. The van der Waals surface area contributed by atoms with E-state index in [2.05, 4.69) is 51.5 Å². The molecule has 0 N–H and O–H groups in total. The summed E-state index contributed by atoms with van der Waals surface area (Å²) in [5, 5.41) is 1.23. The fraction of sp³-hybridized carbons (Fsp3) is 1.00. The first-order valence-electron chi connectivity index (χ1n) is 2.80. The van der Waals surface area contributed by atoms with Crippen molar-refractivity contribution >= 4 is 44.6 Å². The van der Waals surface area contributed by atoms with Gasteiger partial charge in [0.05, 0.1) is 0 Å². The molecule has 0 amide bonds. The molecular formula is C5H11I2SeSm. The summed E-state index contributed by atoms with van der Waals surface area (Å²) >= 11 is 8.05. The van der Waals surface area contributed by atoms with E-state index in [1.54, 1.807) is 0 Å². The molecule has 0 fully saturated rings. The van der Waals surface area contributed by atoms with Gasteiger partial charge in [0.15, 0.2) is 0 Å². The van der Waals surface area contributed by atoms with Crippen molar-refractivity contribution in [3.63, 3.8) is 0 Å². The first kappa shape index (κ1) is 14.8. The van der Waals surface area contributed by atoms with Crippen LogP contribution in [0.15, 0.2) is 0 Å². The van der Waals surface area contributed by atoms with Crippen molar-refractivity contribution in [1.29, 1.82) is 0 Å². The monoisotopic (exact) mass is 557 g/mol. The van der Waals surface area contributed by atoms with Gasteiger partial charge in [0.1, 0.15) is 0 Å². The predicted molar refractivity (Wildman–Crippen MR) is 58.1 cm³/mol. The zero-order valence-corrected chi connectivity index (χ0v) is 14.0. The Morgan fingerprint density at radius 2 is 1.78 bits per heavy atom. The van der Waals surface area contributed by atoms with Crippen LogP contribution >= 0.6 is 28.6 Å². The van der Waals surface area contributed by atoms with Gasteiger partial charge in [-0.1, -0.05) is 0 Å². The standard InChI is InChI=1S/C5H11Se.2HI.Sm/c1-2-3-4-5-6;;;/h2-5H2,1H3;2*1H;/q;;;+2/p-2. The Hall–Kier alpha value is 3.32. The van der Waals surface area contributed by atoms with Crippen LogP contribution in [0.1, 0.15) is 26.2 Å². The summed E-state index contributed by atoms with van der Waals surface area (Å²) in [6.45, 7) is 2.22. The summed E-state index contributed by atoms with van der Waals surface area (Å²) < 4.78 is 0. The van der Waals surface area contributed by atoms with Crippen molar-refractivity contribution in [2.75, 3.05) is 0 Å². The fourth-order valence-corrected chi connectivity index (χ4v) is 0.780. The van der Waals surface area contributed by atoms with Crippen LogP contribution in [-0.2, 0) is 0 Å². The molecule has 0 unspecified atom stereocenters. The van der Waals surface area contributed by atoms with Crippen molar-refractivity contribution in [3.05, 3.63) is 0 Å². The summed E-state index contributed by atoms with van der Waals surface area (Å²) in [5.41, 5.74) is 0. The molecule has 0 aliphatic rings. The van der Waals surface area contributed by atoms with Crippen LogP contribution in [0, 0.1) is 25.5 Å². The van der Waals surface area contributed by atoms with E-state index in [9.17, 15) is 0 Å². The Kier molecular flexibility index (Phi) is 28.7. The summed E-state index contributed by atoms with van der Waals surface area (Å²) in [4.78, 5) is 0. The van der Waals surface area contributed by atoms with Gasteiger partial charge in [0.25, 0.3) is 0 Å². The maximum absolute atomic E-state index is 2.98. The van der Waals surface area contributed by atoms with Crippen molar-refractivity contribution in [1.82, 2.24) is 0 Å². The number of unbranched alkanes of at least 4 members (excludes halogenated alkanes) is 2. The molecular weight excluding hydrogens is 543 g/mol. The summed E-state index contributed by atoms with van der Waals surface area (Å²) in [6.07, 6.45) is 4.07. The third kappa shape index (κ3) is 24.6. The van der Waals surface area contributed by atoms with Gasteiger partial charge < -0.3 is 0 Å². The zero-order valence-electron chi connectivity index (χ0n) is 5.40. The second kappa shape index (κ2) is 17.4. The molecule has 0 atom stereocenters. The minimum atomic E-state index is 0.190. The average molecular weight is 554 g/mol. The first-order valence-corrected chi connectivity index (χ1v) is 19.1. The van der Waals surface area contributed by atoms with E-state index in [0.717, 1.165) is 0 Å². The average Bonchev–Trinajstić information content (AvgIpc) is 1.86. The van der Waals surface area contributed by atoms with E-state index >= 15 is 0 Å². The number of rotatable bonds is 3. The van der Waals surface area contributed by atoms with E-state index in [4.69, 9.17) is 0 Å². The van der Waals surface area contributed by atoms with Crippen LogP contribution in [0.3, 0.4) is 0 Å². The van der Waals surface area contributed by atoms with Crippen LogP contribution in [-0.4, -0.2) is 16.0 Å². The Morgan fingerprint density at radius 1 is 1.33 bits per heavy atom. The van der Waals surface area contributed by atoms with Gasteiger partial charge in [0.2, 0.25) is 0 Å². The molecule has 4 heteroatoms. The summed E-state index contributed by atoms with van der Waals surface area (Å²) in [6, 6.07) is 0. The minimum absolute atomic E-state index is 0.190. The molecule has 0 aliphatic heterocycles. The van der Waals surface area contributed by atoms with E-state index in [-0.39, 0.29) is 25.5 Å². The SMILES string of the molecule is CCCCC[Se].[I][Sm][I]. The van der Waals surface area contributed by atoms with Gasteiger partial charge in [-0.25, -0.2) is 0 Å². The molecule has 0 aromatic heterocycles. The van der Waals surface area contributed by atoms with Crippen LogP contribution in [0.5, 0.6) is 0 Å². The first-order chi connectivity index (χ1) is 4.33. The normalized spacial score (nSPS) is 8.00. The van der Waals surface area contributed by atoms with Gasteiger partial charge in [-0.05, 0) is 0 Å². The van der Waals surface area contributed by atoms with E-state index < -0.39 is 0 Å². The van der Waals surface area contributed by atoms with Crippen molar-refractivity contribution in [2.24, 2.45) is 0 Å². The molecule has 0 bridgehead atoms. The van der Waals surface area contributed by atoms with Crippen LogP contribution < -0.4 is 0 Å². The third-order valence-electron chi connectivity index (χ3n) is 0.748. The van der Waals surface area contributed by atoms with Crippen LogP contribution in [0.25, 0.3) is 0 Å². The Labute approximate surface area is 98.7 Å². The molecule has 0 aromatic carbocycles. The van der Waals surface area contributed by atoms with E-state index in [0.29, 0.717) is 0 Å². The Morgan fingerprint density at radius 3 is 1.89 bits per heavy atom. The topological polar surface area (TPSA) is 0 Å². The van der Waals surface area contributed by atoms with Gasteiger partial charge in [-0.2, -0.15) is 0 Å². The third-order valence-corrected chi connectivity index (χ3v) is 1.35. The molecule has 0 aliphatic carbocycles. The zero-order chi connectivity index (χ0) is 7.54. The van der Waals surface area contributed by atoms with E-state index in [1.165, 1.54) is 24.6 Å². The van der Waals surface area contributed by atoms with Crippen molar-refractivity contribution < 1.29 is 25.5 Å². The van der Waals surface area contributed by atoms with E-state index in [1.807, 2.05) is 0 Å². The van der Waals surface area contributed by atoms with Crippen molar-refractivity contribution in [2.45, 2.75) is 31.5 Å². The quantitative estimate of drug-likeness (QED) is 0.285. The molecule has 1 radical (unpaired) electrons. The molecule has 0 aromatic rings. The maximum atomic E-state index is 2.98. The van der Waals surface area contributed by atoms with Gasteiger partial charge in [-0.3, -0.25) is 0 Å². The molecule has 0 spiro atoms. The number of hydrogen-bond donors (Lipinski definition) is 0. The van der Waals surface area contributed by atoms with Gasteiger partial charge in [-0.15, -0.1) is 0 Å². The van der Waals surface area contributed by atoms with Gasteiger partial charge >= 0.3 is 102 Å². The summed E-state index contributed by atoms with van der Waals surface area (Å²) in [5.74, 6) is 0. The number of halogens is 2. The van der Waals surface area contributed by atoms with Crippen LogP contribution in [0.4, 0.5) is 0 Å². The van der Waals surface area contributed by atoms with Crippen LogP contribution in [0.2, 0.25) is 5.32 Å². The molecule has 0 rings (SSSR count). The van der Waals surface area contributed by atoms with Crippen molar-refractivity contribution in [3.8, 4) is 0 Å². The molecule has 9 heavy (non-hydrogen) atoms. The second-order valence-corrected chi connectivity index (χ2v) is 21.7. The summed E-state index contributed by atoms with van der Waals surface area (Å²) in [7, 11) is 0. The predicted octanol–water partition coefficient (Wildman–Crippen LogP) is 3.53. The second-order valence-electron chi connectivity index (χ2n) is 1.47.